The van der Waals surface area contributed by atoms with Gasteiger partial charge < -0.3 is 5.73 Å². The van der Waals surface area contributed by atoms with Crippen LogP contribution in [0.2, 0.25) is 0 Å². The minimum Gasteiger partial charge on any atom is -0.384 e. The van der Waals surface area contributed by atoms with Crippen LogP contribution in [-0.2, 0) is 6.42 Å². The number of nitrogens with two attached hydrogens (primary N) is 1. The molecule has 2 N–H and O–H groups in total. The number of nitrogen functional groups attached to an aromatic ring is 1. The summed E-state index contributed by atoms with van der Waals surface area (Å²) in [5.41, 5.74) is 7.96. The Morgan fingerprint density at radius 1 is 1.56 bits per heavy atom. The molecule has 0 aromatic carbocycles. The van der Waals surface area contributed by atoms with Crippen molar-refractivity contribution in [2.24, 2.45) is 0 Å². The van der Waals surface area contributed by atoms with Gasteiger partial charge in [-0.2, -0.15) is 21.4 Å². The third-order valence-corrected chi connectivity index (χ3v) is 4.37. The van der Waals surface area contributed by atoms with E-state index in [9.17, 15) is 0 Å². The summed E-state index contributed by atoms with van der Waals surface area (Å²) in [7, 11) is 0. The van der Waals surface area contributed by atoms with Gasteiger partial charge in [-0.25, -0.2) is 4.98 Å². The molecule has 1 atom stereocenters. The van der Waals surface area contributed by atoms with E-state index in [1.807, 2.05) is 6.20 Å². The molecule has 4 nitrogen and oxygen atoms in total. The number of nitrogens with zero attached hydrogens (tertiary/aromatic N) is 3. The smallest absolute Gasteiger partial charge is 0.160 e. The van der Waals surface area contributed by atoms with Crippen molar-refractivity contribution in [2.75, 3.05) is 11.5 Å². The highest BCUT2D eigenvalue weighted by Gasteiger charge is 2.18. The fourth-order valence-electron chi connectivity index (χ4n) is 2.15. The number of anilines is 1. The van der Waals surface area contributed by atoms with Gasteiger partial charge in [0.15, 0.2) is 5.65 Å². The van der Waals surface area contributed by atoms with Crippen LogP contribution in [0.5, 0.6) is 0 Å². The minimum absolute atomic E-state index is 0.648. The van der Waals surface area contributed by atoms with E-state index >= 15 is 0 Å². The fraction of sp³-hybridized carbons (Fsp3) is 0.455. The van der Waals surface area contributed by atoms with Crippen LogP contribution in [0.3, 0.4) is 0 Å². The van der Waals surface area contributed by atoms with Crippen molar-refractivity contribution in [3.63, 3.8) is 0 Å². The van der Waals surface area contributed by atoms with E-state index in [0.29, 0.717) is 5.82 Å². The zero-order chi connectivity index (χ0) is 11.0. The van der Waals surface area contributed by atoms with Crippen molar-refractivity contribution in [3.8, 4) is 0 Å². The Kier molecular flexibility index (Phi) is 2.47. The van der Waals surface area contributed by atoms with Crippen molar-refractivity contribution in [1.29, 1.82) is 0 Å². The lowest BCUT2D eigenvalue weighted by atomic mass is 10.1. The molecule has 16 heavy (non-hydrogen) atoms. The van der Waals surface area contributed by atoms with Gasteiger partial charge >= 0.3 is 0 Å². The van der Waals surface area contributed by atoms with E-state index < -0.39 is 0 Å². The standard InChI is InChI=1S/C11H14N4S/c12-10-3-4-13-11-8(7-14-15(10)11)6-9-2-1-5-16-9/h3-4,7,9H,1-2,5-6,12H2. The van der Waals surface area contributed by atoms with Gasteiger partial charge in [0.1, 0.15) is 5.82 Å². The summed E-state index contributed by atoms with van der Waals surface area (Å²) in [5, 5.41) is 5.01. The molecule has 3 rings (SSSR count). The summed E-state index contributed by atoms with van der Waals surface area (Å²) in [4.78, 5) is 4.36. The van der Waals surface area contributed by atoms with Crippen LogP contribution in [0.15, 0.2) is 18.5 Å². The molecule has 0 spiro atoms. The third-order valence-electron chi connectivity index (χ3n) is 2.98. The first-order valence-electron chi connectivity index (χ1n) is 5.53. The lowest BCUT2D eigenvalue weighted by Gasteiger charge is -2.06. The van der Waals surface area contributed by atoms with Crippen molar-refractivity contribution < 1.29 is 0 Å². The second-order valence-electron chi connectivity index (χ2n) is 4.11. The van der Waals surface area contributed by atoms with Gasteiger partial charge in [-0.15, -0.1) is 0 Å². The van der Waals surface area contributed by atoms with Gasteiger partial charge in [-0.3, -0.25) is 0 Å². The van der Waals surface area contributed by atoms with Crippen LogP contribution >= 0.6 is 11.8 Å². The number of rotatable bonds is 2. The SMILES string of the molecule is Nc1ccnc2c(CC3CCCS3)cnn12. The second kappa shape index (κ2) is 3.97. The molecule has 1 saturated heterocycles. The molecule has 0 aliphatic carbocycles. The molecular weight excluding hydrogens is 220 g/mol. The van der Waals surface area contributed by atoms with Crippen molar-refractivity contribution >= 4 is 23.2 Å². The minimum atomic E-state index is 0.648. The highest BCUT2D eigenvalue weighted by molar-refractivity contribution is 8.00. The number of thioether (sulfide) groups is 1. The van der Waals surface area contributed by atoms with Crippen LogP contribution in [0.1, 0.15) is 18.4 Å². The van der Waals surface area contributed by atoms with Crippen molar-refractivity contribution in [1.82, 2.24) is 14.6 Å². The summed E-state index contributed by atoms with van der Waals surface area (Å²) < 4.78 is 1.72. The monoisotopic (exact) mass is 234 g/mol. The number of fused-ring (bicyclic) bond motifs is 1. The average molecular weight is 234 g/mol. The van der Waals surface area contributed by atoms with E-state index in [2.05, 4.69) is 21.8 Å². The number of hydrogen-bond acceptors (Lipinski definition) is 4. The van der Waals surface area contributed by atoms with E-state index in [-0.39, 0.29) is 0 Å². The first-order valence-corrected chi connectivity index (χ1v) is 6.58. The van der Waals surface area contributed by atoms with Crippen LogP contribution in [0, 0.1) is 0 Å². The highest BCUT2D eigenvalue weighted by Crippen LogP contribution is 2.29. The lowest BCUT2D eigenvalue weighted by molar-refractivity contribution is 0.779. The summed E-state index contributed by atoms with van der Waals surface area (Å²) >= 11 is 2.06. The molecule has 0 saturated carbocycles. The maximum atomic E-state index is 5.83. The zero-order valence-corrected chi connectivity index (χ0v) is 9.78. The molecule has 1 unspecified atom stereocenters. The van der Waals surface area contributed by atoms with Crippen LogP contribution in [0.25, 0.3) is 5.65 Å². The quantitative estimate of drug-likeness (QED) is 0.860. The lowest BCUT2D eigenvalue weighted by Crippen LogP contribution is -2.03. The first-order chi connectivity index (χ1) is 7.84. The van der Waals surface area contributed by atoms with E-state index in [1.54, 1.807) is 16.8 Å². The second-order valence-corrected chi connectivity index (χ2v) is 5.52. The molecule has 1 aliphatic rings. The Labute approximate surface area is 98.2 Å². The third kappa shape index (κ3) is 1.65. The highest BCUT2D eigenvalue weighted by atomic mass is 32.2. The molecule has 2 aromatic heterocycles. The van der Waals surface area contributed by atoms with Crippen LogP contribution in [0.4, 0.5) is 5.82 Å². The van der Waals surface area contributed by atoms with Crippen LogP contribution < -0.4 is 5.73 Å². The largest absolute Gasteiger partial charge is 0.384 e. The van der Waals surface area contributed by atoms with E-state index in [1.165, 1.54) is 24.2 Å². The molecule has 3 heterocycles. The van der Waals surface area contributed by atoms with Gasteiger partial charge in [0.05, 0.1) is 6.20 Å². The fourth-order valence-corrected chi connectivity index (χ4v) is 3.45. The molecule has 1 aliphatic heterocycles. The molecule has 5 heteroatoms. The van der Waals surface area contributed by atoms with Gasteiger partial charge in [0, 0.05) is 17.0 Å². The van der Waals surface area contributed by atoms with E-state index in [0.717, 1.165) is 17.3 Å². The van der Waals surface area contributed by atoms with Gasteiger partial charge in [0.25, 0.3) is 0 Å². The molecule has 0 bridgehead atoms. The molecule has 0 radical (unpaired) electrons. The summed E-state index contributed by atoms with van der Waals surface area (Å²) in [5.74, 6) is 1.94. The normalized spacial score (nSPS) is 20.6. The Morgan fingerprint density at radius 3 is 3.31 bits per heavy atom. The first kappa shape index (κ1) is 9.96. The Morgan fingerprint density at radius 2 is 2.50 bits per heavy atom. The van der Waals surface area contributed by atoms with Gasteiger partial charge in [-0.05, 0) is 31.1 Å². The molecule has 84 valence electrons. The van der Waals surface area contributed by atoms with Gasteiger partial charge in [0.2, 0.25) is 0 Å². The Balaban J connectivity index is 1.94. The summed E-state index contributed by atoms with van der Waals surface area (Å²) in [6.07, 6.45) is 7.36. The average Bonchev–Trinajstić information content (AvgIpc) is 2.90. The van der Waals surface area contributed by atoms with Gasteiger partial charge in [-0.1, -0.05) is 0 Å². The summed E-state index contributed by atoms with van der Waals surface area (Å²) in [6, 6.07) is 1.77. The Hall–Kier alpha value is -1.23. The maximum Gasteiger partial charge on any atom is 0.160 e. The zero-order valence-electron chi connectivity index (χ0n) is 8.97. The molecular formula is C11H14N4S. The van der Waals surface area contributed by atoms with Crippen LogP contribution in [-0.4, -0.2) is 25.6 Å². The van der Waals surface area contributed by atoms with Crippen molar-refractivity contribution in [3.05, 3.63) is 24.0 Å². The Bertz CT molecular complexity index is 502. The predicted molar refractivity (Wildman–Crippen MR) is 66.6 cm³/mol. The molecule has 0 amide bonds. The maximum absolute atomic E-state index is 5.83. The number of aromatic nitrogens is 3. The molecule has 2 aromatic rings. The number of hydrogen-bond donors (Lipinski definition) is 1. The molecule has 1 fully saturated rings. The topological polar surface area (TPSA) is 56.2 Å². The van der Waals surface area contributed by atoms with E-state index in [4.69, 9.17) is 5.73 Å². The van der Waals surface area contributed by atoms with Crippen molar-refractivity contribution in [2.45, 2.75) is 24.5 Å². The predicted octanol–water partition coefficient (Wildman–Crippen LogP) is 1.75. The summed E-state index contributed by atoms with van der Waals surface area (Å²) in [6.45, 7) is 0.